The van der Waals surface area contributed by atoms with Crippen molar-refractivity contribution in [1.29, 1.82) is 0 Å². The van der Waals surface area contributed by atoms with E-state index in [0.29, 0.717) is 35.4 Å². The van der Waals surface area contributed by atoms with Crippen molar-refractivity contribution in [1.82, 2.24) is 15.1 Å². The first kappa shape index (κ1) is 25.0. The van der Waals surface area contributed by atoms with Gasteiger partial charge in [-0.25, -0.2) is 0 Å². The van der Waals surface area contributed by atoms with Crippen LogP contribution in [0.2, 0.25) is 0 Å². The Hall–Kier alpha value is -4.13. The molecule has 0 aliphatic carbocycles. The molecule has 0 radical (unpaired) electrons. The molecule has 0 bridgehead atoms. The van der Waals surface area contributed by atoms with Gasteiger partial charge < -0.3 is 15.0 Å². The summed E-state index contributed by atoms with van der Waals surface area (Å²) in [4.78, 5) is 28.7. The number of fused-ring (bicyclic) bond motifs is 1. The molecule has 3 aromatic carbocycles. The number of benzene rings is 3. The number of rotatable bonds is 10. The summed E-state index contributed by atoms with van der Waals surface area (Å²) < 4.78 is 6.78. The maximum Gasteiger partial charge on any atom is 0.279 e. The normalized spacial score (nSPS) is 10.9. The van der Waals surface area contributed by atoms with E-state index in [1.807, 2.05) is 13.0 Å². The van der Waals surface area contributed by atoms with Crippen molar-refractivity contribution in [3.63, 3.8) is 0 Å². The predicted octanol–water partition coefficient (Wildman–Crippen LogP) is 4.74. The second-order valence-corrected chi connectivity index (χ2v) is 8.57. The van der Waals surface area contributed by atoms with Gasteiger partial charge in [-0.2, -0.15) is 9.78 Å². The minimum absolute atomic E-state index is 0.227. The lowest BCUT2D eigenvalue weighted by Crippen LogP contribution is -2.32. The molecule has 0 fully saturated rings. The van der Waals surface area contributed by atoms with Gasteiger partial charge in [0.25, 0.3) is 11.5 Å². The van der Waals surface area contributed by atoms with Crippen molar-refractivity contribution >= 4 is 22.4 Å². The van der Waals surface area contributed by atoms with Crippen molar-refractivity contribution in [2.45, 2.75) is 27.2 Å². The number of carbonyl (C=O) groups excluding carboxylic acids is 1. The predicted molar refractivity (Wildman–Crippen MR) is 145 cm³/mol. The zero-order chi connectivity index (χ0) is 25.5. The van der Waals surface area contributed by atoms with E-state index < -0.39 is 0 Å². The van der Waals surface area contributed by atoms with Crippen molar-refractivity contribution in [2.75, 3.05) is 31.1 Å². The van der Waals surface area contributed by atoms with Crippen LogP contribution in [0, 0.1) is 6.92 Å². The molecule has 4 aromatic rings. The van der Waals surface area contributed by atoms with Gasteiger partial charge in [0.15, 0.2) is 5.69 Å². The van der Waals surface area contributed by atoms with Crippen LogP contribution >= 0.6 is 0 Å². The largest absolute Gasteiger partial charge is 0.494 e. The summed E-state index contributed by atoms with van der Waals surface area (Å²) in [5, 5.41) is 8.45. The zero-order valence-electron chi connectivity index (χ0n) is 21.0. The molecule has 1 N–H and O–H groups in total. The molecular weight excluding hydrogens is 452 g/mol. The highest BCUT2D eigenvalue weighted by Gasteiger charge is 2.17. The van der Waals surface area contributed by atoms with E-state index >= 15 is 0 Å². The topological polar surface area (TPSA) is 76.5 Å². The third-order valence-electron chi connectivity index (χ3n) is 6.05. The number of aromatic nitrogens is 2. The molecule has 186 valence electrons. The van der Waals surface area contributed by atoms with Crippen LogP contribution in [0.15, 0.2) is 77.6 Å². The van der Waals surface area contributed by atoms with Gasteiger partial charge in [0, 0.05) is 30.7 Å². The number of amides is 1. The lowest BCUT2D eigenvalue weighted by atomic mass is 10.1. The highest BCUT2D eigenvalue weighted by molar-refractivity contribution is 6.04. The molecule has 0 unspecified atom stereocenters. The molecule has 1 aromatic heterocycles. The first-order chi connectivity index (χ1) is 17.5. The summed E-state index contributed by atoms with van der Waals surface area (Å²) in [6.45, 7) is 8.88. The fraction of sp³-hybridized carbons (Fsp3) is 0.276. The van der Waals surface area contributed by atoms with Gasteiger partial charge in [-0.3, -0.25) is 9.59 Å². The maximum atomic E-state index is 13.2. The Bertz CT molecular complexity index is 1400. The van der Waals surface area contributed by atoms with E-state index in [2.05, 4.69) is 53.4 Å². The molecule has 0 saturated carbocycles. The fourth-order valence-electron chi connectivity index (χ4n) is 4.23. The Morgan fingerprint density at radius 1 is 1.00 bits per heavy atom. The molecule has 1 amide bonds. The summed E-state index contributed by atoms with van der Waals surface area (Å²) >= 11 is 0. The van der Waals surface area contributed by atoms with Crippen LogP contribution < -0.4 is 20.5 Å². The van der Waals surface area contributed by atoms with E-state index in [1.54, 1.807) is 42.5 Å². The third kappa shape index (κ3) is 5.57. The number of nitrogens with one attached hydrogen (secondary N) is 1. The second-order valence-electron chi connectivity index (χ2n) is 8.57. The SMILES string of the molecule is CCOc1ccc(-n2nc(C(=O)NCCCN(CC)c3cccc(C)c3)c3ccccc3c2=O)cc1. The molecule has 0 aliphatic heterocycles. The van der Waals surface area contributed by atoms with Crippen LogP contribution in [0.4, 0.5) is 5.69 Å². The van der Waals surface area contributed by atoms with Gasteiger partial charge in [-0.15, -0.1) is 0 Å². The van der Waals surface area contributed by atoms with Gasteiger partial charge >= 0.3 is 0 Å². The van der Waals surface area contributed by atoms with Crippen molar-refractivity contribution in [3.8, 4) is 11.4 Å². The average molecular weight is 485 g/mol. The molecule has 0 saturated heterocycles. The highest BCUT2D eigenvalue weighted by Crippen LogP contribution is 2.18. The fourth-order valence-corrected chi connectivity index (χ4v) is 4.23. The Kier molecular flexibility index (Phi) is 8.00. The minimum Gasteiger partial charge on any atom is -0.494 e. The van der Waals surface area contributed by atoms with E-state index in [4.69, 9.17) is 4.74 Å². The number of nitrogens with zero attached hydrogens (tertiary/aromatic N) is 3. The zero-order valence-corrected chi connectivity index (χ0v) is 21.0. The molecule has 0 atom stereocenters. The molecule has 7 nitrogen and oxygen atoms in total. The number of aryl methyl sites for hydroxylation is 1. The van der Waals surface area contributed by atoms with Crippen LogP contribution in [0.25, 0.3) is 16.5 Å². The summed E-state index contributed by atoms with van der Waals surface area (Å²) in [6.07, 6.45) is 0.782. The standard InChI is InChI=1S/C29H32N4O3/c1-4-32(23-11-8-10-21(3)20-23)19-9-18-30-28(34)27-25-12-6-7-13-26(25)29(35)33(31-27)22-14-16-24(17-15-22)36-5-2/h6-8,10-17,20H,4-5,9,18-19H2,1-3H3,(H,30,34). The Morgan fingerprint density at radius 2 is 1.75 bits per heavy atom. The lowest BCUT2D eigenvalue weighted by molar-refractivity contribution is 0.0948. The molecule has 4 rings (SSSR count). The Labute approximate surface area is 211 Å². The third-order valence-corrected chi connectivity index (χ3v) is 6.05. The van der Waals surface area contributed by atoms with Crippen LogP contribution in [-0.4, -0.2) is 41.9 Å². The van der Waals surface area contributed by atoms with E-state index in [9.17, 15) is 9.59 Å². The Morgan fingerprint density at radius 3 is 2.44 bits per heavy atom. The summed E-state index contributed by atoms with van der Waals surface area (Å²) in [7, 11) is 0. The Balaban J connectivity index is 1.52. The number of hydrogen-bond donors (Lipinski definition) is 1. The number of hydrogen-bond acceptors (Lipinski definition) is 5. The van der Waals surface area contributed by atoms with Crippen molar-refractivity contribution in [2.24, 2.45) is 0 Å². The number of anilines is 1. The molecule has 0 spiro atoms. The van der Waals surface area contributed by atoms with Gasteiger partial charge in [0.1, 0.15) is 5.75 Å². The van der Waals surface area contributed by atoms with Gasteiger partial charge in [0.05, 0.1) is 17.7 Å². The van der Waals surface area contributed by atoms with E-state index in [0.717, 1.165) is 19.5 Å². The quantitative estimate of drug-likeness (QED) is 0.329. The molecular formula is C29H32N4O3. The summed E-state index contributed by atoms with van der Waals surface area (Å²) in [5.74, 6) is 0.407. The maximum absolute atomic E-state index is 13.2. The smallest absolute Gasteiger partial charge is 0.279 e. The second kappa shape index (κ2) is 11.5. The minimum atomic E-state index is -0.301. The first-order valence-corrected chi connectivity index (χ1v) is 12.4. The van der Waals surface area contributed by atoms with Gasteiger partial charge in [-0.1, -0.05) is 30.3 Å². The molecule has 1 heterocycles. The van der Waals surface area contributed by atoms with Gasteiger partial charge in [0.2, 0.25) is 0 Å². The monoisotopic (exact) mass is 484 g/mol. The van der Waals surface area contributed by atoms with E-state index in [1.165, 1.54) is 15.9 Å². The highest BCUT2D eigenvalue weighted by atomic mass is 16.5. The molecule has 0 aliphatic rings. The van der Waals surface area contributed by atoms with Crippen LogP contribution in [-0.2, 0) is 0 Å². The summed E-state index contributed by atoms with van der Waals surface area (Å²) in [5.41, 5.74) is 2.92. The van der Waals surface area contributed by atoms with E-state index in [-0.39, 0.29) is 17.2 Å². The van der Waals surface area contributed by atoms with Crippen LogP contribution in [0.1, 0.15) is 36.3 Å². The molecule has 36 heavy (non-hydrogen) atoms. The van der Waals surface area contributed by atoms with Gasteiger partial charge in [-0.05, 0) is 75.2 Å². The number of ether oxygens (including phenoxy) is 1. The van der Waals surface area contributed by atoms with Crippen molar-refractivity contribution < 1.29 is 9.53 Å². The van der Waals surface area contributed by atoms with Crippen LogP contribution in [0.5, 0.6) is 5.75 Å². The average Bonchev–Trinajstić information content (AvgIpc) is 2.90. The van der Waals surface area contributed by atoms with Crippen LogP contribution in [0.3, 0.4) is 0 Å². The first-order valence-electron chi connectivity index (χ1n) is 12.4. The van der Waals surface area contributed by atoms with Crippen molar-refractivity contribution in [3.05, 3.63) is 94.4 Å². The lowest BCUT2D eigenvalue weighted by Gasteiger charge is -2.23. The summed E-state index contributed by atoms with van der Waals surface area (Å²) in [6, 6.07) is 22.6. The number of carbonyl (C=O) groups is 1. The molecule has 7 heteroatoms.